The Morgan fingerprint density at radius 2 is 1.83 bits per heavy atom. The van der Waals surface area contributed by atoms with Crippen molar-refractivity contribution in [1.82, 2.24) is 14.8 Å². The van der Waals surface area contributed by atoms with E-state index in [0.717, 1.165) is 16.9 Å². The fourth-order valence-electron chi connectivity index (χ4n) is 4.00. The summed E-state index contributed by atoms with van der Waals surface area (Å²) in [5.74, 6) is 1.29. The van der Waals surface area contributed by atoms with E-state index in [0.29, 0.717) is 12.4 Å². The van der Waals surface area contributed by atoms with Gasteiger partial charge in [0.2, 0.25) is 11.9 Å². The normalized spacial score (nSPS) is 18.6. The molecule has 29 heavy (non-hydrogen) atoms. The lowest BCUT2D eigenvalue weighted by molar-refractivity contribution is -0.122. The van der Waals surface area contributed by atoms with Crippen LogP contribution >= 0.6 is 0 Å². The fraction of sp³-hybridized carbons (Fsp3) is 0.348. The molecule has 6 heteroatoms. The zero-order valence-corrected chi connectivity index (χ0v) is 17.2. The van der Waals surface area contributed by atoms with Crippen molar-refractivity contribution in [3.8, 4) is 5.75 Å². The molecule has 4 rings (SSSR count). The molecule has 150 valence electrons. The molecule has 6 nitrogen and oxygen atoms in total. The molecule has 1 aliphatic rings. The quantitative estimate of drug-likeness (QED) is 0.666. The van der Waals surface area contributed by atoms with Crippen molar-refractivity contribution in [2.45, 2.75) is 39.3 Å². The summed E-state index contributed by atoms with van der Waals surface area (Å²) in [7, 11) is 1.68. The van der Waals surface area contributed by atoms with E-state index >= 15 is 0 Å². The molecule has 0 aliphatic carbocycles. The minimum absolute atomic E-state index is 0.0447. The lowest BCUT2D eigenvalue weighted by atomic mass is 9.90. The number of methoxy groups -OCH3 is 1. The Morgan fingerprint density at radius 3 is 2.52 bits per heavy atom. The number of ether oxygens (including phenoxy) is 1. The summed E-state index contributed by atoms with van der Waals surface area (Å²) in [5.41, 5.74) is 3.32. The van der Waals surface area contributed by atoms with Crippen LogP contribution in [0.3, 0.4) is 0 Å². The van der Waals surface area contributed by atoms with Crippen molar-refractivity contribution in [1.29, 1.82) is 0 Å². The van der Waals surface area contributed by atoms with Gasteiger partial charge in [-0.25, -0.2) is 4.68 Å². The van der Waals surface area contributed by atoms with Crippen LogP contribution in [0.15, 0.2) is 54.9 Å². The maximum atomic E-state index is 13.2. The van der Waals surface area contributed by atoms with Gasteiger partial charge in [0.25, 0.3) is 0 Å². The predicted molar refractivity (Wildman–Crippen MR) is 112 cm³/mol. The second-order valence-electron chi connectivity index (χ2n) is 7.79. The molecule has 0 saturated carbocycles. The van der Waals surface area contributed by atoms with Crippen LogP contribution in [0.4, 0.5) is 5.95 Å². The van der Waals surface area contributed by atoms with Gasteiger partial charge < -0.3 is 4.74 Å². The van der Waals surface area contributed by atoms with Gasteiger partial charge in [0.1, 0.15) is 12.1 Å². The van der Waals surface area contributed by atoms with Crippen LogP contribution in [0.1, 0.15) is 49.0 Å². The largest absolute Gasteiger partial charge is 0.496 e. The molecule has 3 aromatic rings. The smallest absolute Gasteiger partial charge is 0.232 e. The molecule has 0 radical (unpaired) electrons. The average molecular weight is 390 g/mol. The van der Waals surface area contributed by atoms with Gasteiger partial charge in [0.15, 0.2) is 0 Å². The van der Waals surface area contributed by atoms with Crippen LogP contribution in [0, 0.1) is 12.8 Å². The molecule has 2 aromatic carbocycles. The number of hydrogen-bond donors (Lipinski definition) is 0. The number of hydrogen-bond acceptors (Lipinski definition) is 4. The first kappa shape index (κ1) is 19.2. The lowest BCUT2D eigenvalue weighted by Crippen LogP contribution is -2.44. The van der Waals surface area contributed by atoms with Gasteiger partial charge >= 0.3 is 0 Å². The van der Waals surface area contributed by atoms with E-state index in [1.165, 1.54) is 11.9 Å². The summed E-state index contributed by atoms with van der Waals surface area (Å²) in [4.78, 5) is 19.5. The second-order valence-corrected chi connectivity index (χ2v) is 7.79. The minimum Gasteiger partial charge on any atom is -0.496 e. The monoisotopic (exact) mass is 390 g/mol. The summed E-state index contributed by atoms with van der Waals surface area (Å²) < 4.78 is 7.47. The number of nitrogens with zero attached hydrogens (tertiary/aromatic N) is 4. The molecule has 1 aliphatic heterocycles. The molecule has 0 fully saturated rings. The lowest BCUT2D eigenvalue weighted by Gasteiger charge is -2.40. The molecule has 0 N–H and O–H groups in total. The summed E-state index contributed by atoms with van der Waals surface area (Å²) in [6.07, 6.45) is 2.22. The summed E-state index contributed by atoms with van der Waals surface area (Å²) in [5, 5.41) is 4.48. The van der Waals surface area contributed by atoms with Crippen LogP contribution < -0.4 is 9.64 Å². The van der Waals surface area contributed by atoms with Gasteiger partial charge in [-0.15, -0.1) is 0 Å². The Morgan fingerprint density at radius 1 is 1.10 bits per heavy atom. The van der Waals surface area contributed by atoms with Gasteiger partial charge in [-0.3, -0.25) is 9.69 Å². The maximum Gasteiger partial charge on any atom is 0.232 e. The number of anilines is 1. The van der Waals surface area contributed by atoms with Crippen LogP contribution in [0.5, 0.6) is 5.75 Å². The number of aryl methyl sites for hydroxylation is 1. The highest BCUT2D eigenvalue weighted by atomic mass is 16.5. The number of fused-ring (bicyclic) bond motifs is 1. The summed E-state index contributed by atoms with van der Waals surface area (Å²) in [6.45, 7) is 5.90. The summed E-state index contributed by atoms with van der Waals surface area (Å²) in [6, 6.07) is 16.1. The van der Waals surface area contributed by atoms with E-state index in [9.17, 15) is 4.79 Å². The van der Waals surface area contributed by atoms with Crippen molar-refractivity contribution in [3.05, 3.63) is 71.5 Å². The Bertz CT molecular complexity index is 1010. The molecule has 2 heterocycles. The van der Waals surface area contributed by atoms with E-state index in [1.54, 1.807) is 7.11 Å². The average Bonchev–Trinajstić information content (AvgIpc) is 3.22. The highest BCUT2D eigenvalue weighted by Gasteiger charge is 2.40. The molecule has 1 aromatic heterocycles. The zero-order chi connectivity index (χ0) is 20.5. The number of aromatic nitrogens is 3. The van der Waals surface area contributed by atoms with E-state index < -0.39 is 0 Å². The maximum absolute atomic E-state index is 13.2. The van der Waals surface area contributed by atoms with Crippen LogP contribution in [-0.4, -0.2) is 27.8 Å². The molecular formula is C23H26N4O2. The number of carbonyl (C=O) groups excluding carboxylic acids is 1. The molecule has 2 unspecified atom stereocenters. The Kier molecular flexibility index (Phi) is 5.09. The number of carbonyl (C=O) groups is 1. The molecule has 0 bridgehead atoms. The van der Waals surface area contributed by atoms with Crippen LogP contribution in [0.25, 0.3) is 0 Å². The highest BCUT2D eigenvalue weighted by Crippen LogP contribution is 2.44. The summed E-state index contributed by atoms with van der Waals surface area (Å²) >= 11 is 0. The molecule has 0 saturated heterocycles. The predicted octanol–water partition coefficient (Wildman–Crippen LogP) is 4.32. The third kappa shape index (κ3) is 3.39. The van der Waals surface area contributed by atoms with Crippen molar-refractivity contribution < 1.29 is 9.53 Å². The first-order valence-corrected chi connectivity index (χ1v) is 9.93. The van der Waals surface area contributed by atoms with Gasteiger partial charge in [-0.05, 0) is 25.0 Å². The minimum atomic E-state index is -0.143. The van der Waals surface area contributed by atoms with Gasteiger partial charge in [0, 0.05) is 11.5 Å². The molecule has 2 atom stereocenters. The van der Waals surface area contributed by atoms with Crippen LogP contribution in [-0.2, 0) is 4.79 Å². The Hall–Kier alpha value is -3.15. The number of para-hydroxylation sites is 1. The molecule has 1 amide bonds. The van der Waals surface area contributed by atoms with E-state index in [1.807, 2.05) is 41.6 Å². The second kappa shape index (κ2) is 7.70. The number of amides is 1. The topological polar surface area (TPSA) is 60.2 Å². The Balaban J connectivity index is 1.87. The first-order chi connectivity index (χ1) is 14.0. The third-order valence-corrected chi connectivity index (χ3v) is 5.51. The molecular weight excluding hydrogens is 364 g/mol. The van der Waals surface area contributed by atoms with Gasteiger partial charge in [0.05, 0.1) is 19.2 Å². The van der Waals surface area contributed by atoms with Gasteiger partial charge in [-0.1, -0.05) is 61.9 Å². The Labute approximate surface area is 171 Å². The van der Waals surface area contributed by atoms with E-state index in [2.05, 4.69) is 47.3 Å². The molecule has 0 spiro atoms. The zero-order valence-electron chi connectivity index (χ0n) is 17.2. The van der Waals surface area contributed by atoms with Crippen molar-refractivity contribution in [2.75, 3.05) is 12.0 Å². The standard InChI is InChI=1S/C23H26N4O2/c1-15(2)22(28)26-19(17-11-9-16(3)10-12-17)13-20(27-23(26)24-14-25-27)18-7-5-6-8-21(18)29-4/h5-12,14-15,19-20H,13H2,1-4H3. The van der Waals surface area contributed by atoms with Crippen molar-refractivity contribution in [2.24, 2.45) is 5.92 Å². The van der Waals surface area contributed by atoms with E-state index in [-0.39, 0.29) is 23.9 Å². The fourth-order valence-corrected chi connectivity index (χ4v) is 4.00. The third-order valence-electron chi connectivity index (χ3n) is 5.51. The van der Waals surface area contributed by atoms with Crippen molar-refractivity contribution in [3.63, 3.8) is 0 Å². The van der Waals surface area contributed by atoms with E-state index in [4.69, 9.17) is 4.74 Å². The SMILES string of the molecule is COc1ccccc1C1CC(c2ccc(C)cc2)N(C(=O)C(C)C)c2ncnn21. The highest BCUT2D eigenvalue weighted by molar-refractivity contribution is 5.94. The van der Waals surface area contributed by atoms with Crippen molar-refractivity contribution >= 4 is 11.9 Å². The number of rotatable bonds is 4. The van der Waals surface area contributed by atoms with Crippen LogP contribution in [0.2, 0.25) is 0 Å². The number of benzene rings is 2. The first-order valence-electron chi connectivity index (χ1n) is 9.93. The van der Waals surface area contributed by atoms with Gasteiger partial charge in [-0.2, -0.15) is 10.1 Å².